The fourth-order valence-corrected chi connectivity index (χ4v) is 1.72. The van der Waals surface area contributed by atoms with Crippen molar-refractivity contribution < 1.29 is 27.9 Å². The standard InChI is InChI=1S/C13H8F3NO4/c14-13(15,16)21-10-3-1-2-8(6-10)9-4-5-12(18)11(7-9)17(19)20/h1-7,18H. The topological polar surface area (TPSA) is 72.6 Å². The number of phenols is 1. The molecule has 0 aliphatic heterocycles. The monoisotopic (exact) mass is 299 g/mol. The summed E-state index contributed by atoms with van der Waals surface area (Å²) in [5.74, 6) is -0.956. The van der Waals surface area contributed by atoms with E-state index in [2.05, 4.69) is 4.74 Å². The number of nitrogens with zero attached hydrogens (tertiary/aromatic N) is 1. The van der Waals surface area contributed by atoms with Crippen molar-refractivity contribution >= 4 is 5.69 Å². The summed E-state index contributed by atoms with van der Waals surface area (Å²) >= 11 is 0. The maximum atomic E-state index is 12.2. The van der Waals surface area contributed by atoms with Gasteiger partial charge in [0.25, 0.3) is 0 Å². The Morgan fingerprint density at radius 1 is 1.10 bits per heavy atom. The third-order valence-corrected chi connectivity index (χ3v) is 2.57. The second-order valence-electron chi connectivity index (χ2n) is 4.04. The summed E-state index contributed by atoms with van der Waals surface area (Å²) in [4.78, 5) is 9.95. The molecule has 21 heavy (non-hydrogen) atoms. The maximum Gasteiger partial charge on any atom is 0.573 e. The lowest BCUT2D eigenvalue weighted by atomic mass is 10.0. The fraction of sp³-hybridized carbons (Fsp3) is 0.0769. The summed E-state index contributed by atoms with van der Waals surface area (Å²) in [6.45, 7) is 0. The minimum Gasteiger partial charge on any atom is -0.502 e. The van der Waals surface area contributed by atoms with Crippen molar-refractivity contribution in [2.75, 3.05) is 0 Å². The molecular weight excluding hydrogens is 291 g/mol. The van der Waals surface area contributed by atoms with E-state index in [0.29, 0.717) is 5.56 Å². The maximum absolute atomic E-state index is 12.2. The molecule has 0 fully saturated rings. The van der Waals surface area contributed by atoms with E-state index in [-0.39, 0.29) is 5.56 Å². The number of rotatable bonds is 3. The summed E-state index contributed by atoms with van der Waals surface area (Å²) in [5, 5.41) is 20.1. The summed E-state index contributed by atoms with van der Waals surface area (Å²) in [6.07, 6.45) is -4.82. The Bertz CT molecular complexity index is 685. The molecule has 0 aromatic heterocycles. The number of aromatic hydroxyl groups is 1. The van der Waals surface area contributed by atoms with Crippen LogP contribution in [0.2, 0.25) is 0 Å². The molecule has 0 aliphatic carbocycles. The van der Waals surface area contributed by atoms with Crippen LogP contribution >= 0.6 is 0 Å². The van der Waals surface area contributed by atoms with Gasteiger partial charge in [-0.05, 0) is 29.3 Å². The van der Waals surface area contributed by atoms with Crippen LogP contribution in [-0.2, 0) is 0 Å². The van der Waals surface area contributed by atoms with Gasteiger partial charge in [-0.3, -0.25) is 10.1 Å². The lowest BCUT2D eigenvalue weighted by Gasteiger charge is -2.10. The Balaban J connectivity index is 2.41. The van der Waals surface area contributed by atoms with E-state index in [9.17, 15) is 28.4 Å². The highest BCUT2D eigenvalue weighted by Crippen LogP contribution is 2.33. The van der Waals surface area contributed by atoms with Crippen LogP contribution in [0, 0.1) is 10.1 Å². The molecule has 0 spiro atoms. The van der Waals surface area contributed by atoms with Gasteiger partial charge in [0.1, 0.15) is 5.75 Å². The van der Waals surface area contributed by atoms with E-state index < -0.39 is 28.5 Å². The first-order valence-electron chi connectivity index (χ1n) is 5.60. The predicted octanol–water partition coefficient (Wildman–Crippen LogP) is 3.87. The van der Waals surface area contributed by atoms with Crippen molar-refractivity contribution in [1.29, 1.82) is 0 Å². The second-order valence-corrected chi connectivity index (χ2v) is 4.04. The molecule has 0 saturated carbocycles. The summed E-state index contributed by atoms with van der Waals surface area (Å²) < 4.78 is 40.2. The summed E-state index contributed by atoms with van der Waals surface area (Å²) in [7, 11) is 0. The van der Waals surface area contributed by atoms with Crippen molar-refractivity contribution in [2.24, 2.45) is 0 Å². The van der Waals surface area contributed by atoms with Crippen LogP contribution in [0.4, 0.5) is 18.9 Å². The molecule has 0 bridgehead atoms. The van der Waals surface area contributed by atoms with Crippen molar-refractivity contribution in [1.82, 2.24) is 0 Å². The number of ether oxygens (including phenoxy) is 1. The third kappa shape index (κ3) is 3.62. The zero-order valence-electron chi connectivity index (χ0n) is 10.3. The van der Waals surface area contributed by atoms with E-state index in [4.69, 9.17) is 0 Å². The van der Waals surface area contributed by atoms with Crippen molar-refractivity contribution in [3.63, 3.8) is 0 Å². The number of nitro benzene ring substituents is 1. The first-order chi connectivity index (χ1) is 9.76. The van der Waals surface area contributed by atoms with Crippen molar-refractivity contribution in [3.8, 4) is 22.6 Å². The van der Waals surface area contributed by atoms with E-state index in [1.54, 1.807) is 0 Å². The molecule has 2 aromatic carbocycles. The summed E-state index contributed by atoms with van der Waals surface area (Å²) in [5.41, 5.74) is 0.0432. The van der Waals surface area contributed by atoms with Gasteiger partial charge in [-0.15, -0.1) is 13.2 Å². The van der Waals surface area contributed by atoms with Crippen LogP contribution in [0.3, 0.4) is 0 Å². The molecular formula is C13H8F3NO4. The molecule has 0 atom stereocenters. The van der Waals surface area contributed by atoms with Gasteiger partial charge in [-0.25, -0.2) is 0 Å². The normalized spacial score (nSPS) is 11.2. The van der Waals surface area contributed by atoms with Gasteiger partial charge in [-0.1, -0.05) is 18.2 Å². The van der Waals surface area contributed by atoms with Gasteiger partial charge in [0.15, 0.2) is 5.75 Å². The van der Waals surface area contributed by atoms with Crippen molar-refractivity contribution in [3.05, 3.63) is 52.6 Å². The fourth-order valence-electron chi connectivity index (χ4n) is 1.72. The van der Waals surface area contributed by atoms with Crippen LogP contribution in [0.1, 0.15) is 0 Å². The molecule has 1 N–H and O–H groups in total. The Labute approximate surface area is 116 Å². The lowest BCUT2D eigenvalue weighted by Crippen LogP contribution is -2.17. The average molecular weight is 299 g/mol. The average Bonchev–Trinajstić information content (AvgIpc) is 2.37. The molecule has 0 heterocycles. The van der Waals surface area contributed by atoms with E-state index >= 15 is 0 Å². The number of benzene rings is 2. The van der Waals surface area contributed by atoms with Gasteiger partial charge >= 0.3 is 12.0 Å². The molecule has 8 heteroatoms. The third-order valence-electron chi connectivity index (χ3n) is 2.57. The quantitative estimate of drug-likeness (QED) is 0.690. The lowest BCUT2D eigenvalue weighted by molar-refractivity contribution is -0.385. The van der Waals surface area contributed by atoms with Crippen LogP contribution in [-0.4, -0.2) is 16.4 Å². The first kappa shape index (κ1) is 14.6. The molecule has 2 aromatic rings. The highest BCUT2D eigenvalue weighted by molar-refractivity contribution is 5.69. The van der Waals surface area contributed by atoms with Crippen LogP contribution < -0.4 is 4.74 Å². The van der Waals surface area contributed by atoms with Gasteiger partial charge < -0.3 is 9.84 Å². The Kier molecular flexibility index (Phi) is 3.70. The summed E-state index contributed by atoms with van der Waals surface area (Å²) in [6, 6.07) is 8.55. The van der Waals surface area contributed by atoms with E-state index in [1.165, 1.54) is 18.2 Å². The molecule has 0 amide bonds. The van der Waals surface area contributed by atoms with Crippen LogP contribution in [0.5, 0.6) is 11.5 Å². The highest BCUT2D eigenvalue weighted by atomic mass is 19.4. The largest absolute Gasteiger partial charge is 0.573 e. The number of nitro groups is 1. The molecule has 0 saturated heterocycles. The molecule has 0 unspecified atom stereocenters. The highest BCUT2D eigenvalue weighted by Gasteiger charge is 2.31. The molecule has 0 aliphatic rings. The smallest absolute Gasteiger partial charge is 0.502 e. The SMILES string of the molecule is O=[N+]([O-])c1cc(-c2cccc(OC(F)(F)F)c2)ccc1O. The van der Waals surface area contributed by atoms with Crippen molar-refractivity contribution in [2.45, 2.75) is 6.36 Å². The Morgan fingerprint density at radius 2 is 1.76 bits per heavy atom. The predicted molar refractivity (Wildman–Crippen MR) is 66.9 cm³/mol. The van der Waals surface area contributed by atoms with Crippen LogP contribution in [0.25, 0.3) is 11.1 Å². The molecule has 2 rings (SSSR count). The molecule has 5 nitrogen and oxygen atoms in total. The van der Waals surface area contributed by atoms with Gasteiger partial charge in [-0.2, -0.15) is 0 Å². The minimum atomic E-state index is -4.82. The van der Waals surface area contributed by atoms with Gasteiger partial charge in [0.2, 0.25) is 0 Å². The number of phenolic OH excluding ortho intramolecular Hbond substituents is 1. The van der Waals surface area contributed by atoms with E-state index in [1.807, 2.05) is 0 Å². The Morgan fingerprint density at radius 3 is 2.38 bits per heavy atom. The van der Waals surface area contributed by atoms with E-state index in [0.717, 1.165) is 24.3 Å². The number of hydrogen-bond acceptors (Lipinski definition) is 4. The minimum absolute atomic E-state index is 0.284. The number of hydrogen-bond donors (Lipinski definition) is 1. The van der Waals surface area contributed by atoms with Crippen LogP contribution in [0.15, 0.2) is 42.5 Å². The molecule has 0 radical (unpaired) electrons. The Hall–Kier alpha value is -2.77. The second kappa shape index (κ2) is 5.31. The molecule has 110 valence electrons. The zero-order chi connectivity index (χ0) is 15.6. The zero-order valence-corrected chi connectivity index (χ0v) is 10.3. The van der Waals surface area contributed by atoms with Gasteiger partial charge in [0, 0.05) is 6.07 Å². The number of alkyl halides is 3. The van der Waals surface area contributed by atoms with Gasteiger partial charge in [0.05, 0.1) is 4.92 Å². The number of halogens is 3. The first-order valence-corrected chi connectivity index (χ1v) is 5.60.